The molecule has 0 saturated heterocycles. The van der Waals surface area contributed by atoms with Crippen molar-refractivity contribution in [3.63, 3.8) is 0 Å². The van der Waals surface area contributed by atoms with Crippen LogP contribution in [-0.2, 0) is 4.79 Å². The number of hydrogen-bond donors (Lipinski definition) is 0. The number of carbonyl (C=O) groups is 1. The fourth-order valence-electron chi connectivity index (χ4n) is 5.12. The lowest BCUT2D eigenvalue weighted by molar-refractivity contribution is -0.209. The third kappa shape index (κ3) is 4.07. The van der Waals surface area contributed by atoms with Crippen molar-refractivity contribution in [2.75, 3.05) is 6.54 Å². The molecule has 2 rings (SSSR count). The zero-order chi connectivity index (χ0) is 22.0. The molecule has 0 aliphatic heterocycles. The number of amides is 1. The molecule has 0 unspecified atom stereocenters. The van der Waals surface area contributed by atoms with E-state index in [2.05, 4.69) is 40.3 Å². The molecule has 0 bridgehead atoms. The first-order chi connectivity index (χ1) is 13.6. The molecule has 5 heteroatoms. The highest BCUT2D eigenvalue weighted by Gasteiger charge is 2.66. The molecular weight excluding hydrogens is 384 g/mol. The smallest absolute Gasteiger partial charge is 0.250 e. The van der Waals surface area contributed by atoms with Crippen molar-refractivity contribution in [3.8, 4) is 11.8 Å². The van der Waals surface area contributed by atoms with E-state index in [4.69, 9.17) is 21.6 Å². The van der Waals surface area contributed by atoms with Gasteiger partial charge in [0.15, 0.2) is 0 Å². The average molecular weight is 415 g/mol. The van der Waals surface area contributed by atoms with Crippen LogP contribution in [0.2, 0.25) is 5.02 Å². The molecule has 0 N–H and O–H groups in total. The van der Waals surface area contributed by atoms with Gasteiger partial charge >= 0.3 is 0 Å². The van der Waals surface area contributed by atoms with E-state index in [0.717, 1.165) is 5.57 Å². The Bertz CT molecular complexity index is 848. The third-order valence-electron chi connectivity index (χ3n) is 5.96. The molecule has 156 valence electrons. The first-order valence-electron chi connectivity index (χ1n) is 10.0. The van der Waals surface area contributed by atoms with Crippen molar-refractivity contribution in [1.29, 1.82) is 5.26 Å². The summed E-state index contributed by atoms with van der Waals surface area (Å²) < 4.78 is 6.34. The van der Waals surface area contributed by atoms with Gasteiger partial charge in [-0.25, -0.2) is 0 Å². The summed E-state index contributed by atoms with van der Waals surface area (Å²) in [4.78, 5) is 15.2. The molecular formula is C24H31ClN2O2. The quantitative estimate of drug-likeness (QED) is 0.420. The number of hydrogen-bond acceptors (Lipinski definition) is 3. The molecule has 0 spiro atoms. The summed E-state index contributed by atoms with van der Waals surface area (Å²) in [6.07, 6.45) is 4.02. The number of rotatable bonds is 7. The van der Waals surface area contributed by atoms with Gasteiger partial charge in [-0.2, -0.15) is 5.26 Å². The minimum absolute atomic E-state index is 0.0196. The topological polar surface area (TPSA) is 53.3 Å². The second-order valence-corrected chi connectivity index (χ2v) is 9.08. The van der Waals surface area contributed by atoms with Gasteiger partial charge in [0, 0.05) is 35.1 Å². The summed E-state index contributed by atoms with van der Waals surface area (Å²) in [6.45, 7) is 16.9. The maximum atomic E-state index is 13.2. The molecule has 1 fully saturated rings. The highest BCUT2D eigenvalue weighted by molar-refractivity contribution is 6.31. The molecule has 0 aromatic heterocycles. The van der Waals surface area contributed by atoms with Gasteiger partial charge < -0.3 is 9.64 Å². The molecule has 0 heterocycles. The van der Waals surface area contributed by atoms with Crippen LogP contribution < -0.4 is 4.74 Å². The first kappa shape index (κ1) is 23.0. The van der Waals surface area contributed by atoms with Crippen LogP contribution >= 0.6 is 11.6 Å². The molecule has 1 aromatic rings. The molecule has 0 radical (unpaired) electrons. The van der Waals surface area contributed by atoms with Crippen LogP contribution in [0.3, 0.4) is 0 Å². The lowest BCUT2D eigenvalue weighted by atomic mass is 9.48. The van der Waals surface area contributed by atoms with Gasteiger partial charge in [0.25, 0.3) is 0 Å². The van der Waals surface area contributed by atoms with Crippen molar-refractivity contribution in [3.05, 3.63) is 53.1 Å². The fourth-order valence-corrected chi connectivity index (χ4v) is 5.33. The SMILES string of the molecule is C=C/C=C(\CC)C(=O)N(CC)C1C(C)(C)C(Oc2ccc(C#N)c(Cl)c2)C1(C)C. The normalized spacial score (nSPS) is 22.2. The summed E-state index contributed by atoms with van der Waals surface area (Å²) in [5, 5.41) is 9.45. The van der Waals surface area contributed by atoms with Gasteiger partial charge in [-0.1, -0.05) is 65.0 Å². The number of benzene rings is 1. The maximum absolute atomic E-state index is 13.2. The molecule has 1 aliphatic rings. The molecule has 1 aromatic carbocycles. The third-order valence-corrected chi connectivity index (χ3v) is 6.28. The van der Waals surface area contributed by atoms with Crippen LogP contribution in [0.25, 0.3) is 0 Å². The number of halogens is 1. The molecule has 4 nitrogen and oxygen atoms in total. The van der Waals surface area contributed by atoms with Crippen LogP contribution in [-0.4, -0.2) is 29.5 Å². The van der Waals surface area contributed by atoms with Gasteiger partial charge in [-0.05, 0) is 25.5 Å². The predicted octanol–water partition coefficient (Wildman–Crippen LogP) is 5.76. The molecule has 1 aliphatic carbocycles. The Morgan fingerprint density at radius 3 is 2.38 bits per heavy atom. The lowest BCUT2D eigenvalue weighted by Crippen LogP contribution is -2.75. The maximum Gasteiger partial charge on any atom is 0.250 e. The Balaban J connectivity index is 2.32. The lowest BCUT2D eigenvalue weighted by Gasteiger charge is -2.66. The van der Waals surface area contributed by atoms with Gasteiger partial charge in [0.2, 0.25) is 5.91 Å². The van der Waals surface area contributed by atoms with E-state index in [-0.39, 0.29) is 28.9 Å². The van der Waals surface area contributed by atoms with Crippen LogP contribution in [0, 0.1) is 22.2 Å². The Morgan fingerprint density at radius 1 is 1.31 bits per heavy atom. The Morgan fingerprint density at radius 2 is 1.93 bits per heavy atom. The minimum Gasteiger partial charge on any atom is -0.489 e. The van der Waals surface area contributed by atoms with Crippen molar-refractivity contribution < 1.29 is 9.53 Å². The Kier molecular flexibility index (Phi) is 6.86. The number of nitriles is 1. The van der Waals surface area contributed by atoms with Crippen molar-refractivity contribution >= 4 is 17.5 Å². The zero-order valence-electron chi connectivity index (χ0n) is 18.3. The molecule has 1 amide bonds. The van der Waals surface area contributed by atoms with Crippen molar-refractivity contribution in [1.82, 2.24) is 4.90 Å². The largest absolute Gasteiger partial charge is 0.489 e. The van der Waals surface area contributed by atoms with E-state index in [1.807, 2.05) is 18.7 Å². The van der Waals surface area contributed by atoms with Crippen molar-refractivity contribution in [2.45, 2.75) is 60.1 Å². The van der Waals surface area contributed by atoms with E-state index < -0.39 is 0 Å². The predicted molar refractivity (Wildman–Crippen MR) is 118 cm³/mol. The average Bonchev–Trinajstić information content (AvgIpc) is 2.67. The summed E-state index contributed by atoms with van der Waals surface area (Å²) in [7, 11) is 0. The van der Waals surface area contributed by atoms with Crippen LogP contribution in [0.1, 0.15) is 53.5 Å². The van der Waals surface area contributed by atoms with Crippen LogP contribution in [0.5, 0.6) is 5.75 Å². The number of allylic oxidation sites excluding steroid dienone is 2. The van der Waals surface area contributed by atoms with Crippen LogP contribution in [0.4, 0.5) is 0 Å². The van der Waals surface area contributed by atoms with E-state index in [1.165, 1.54) is 0 Å². The number of nitrogens with zero attached hydrogens (tertiary/aromatic N) is 2. The molecule has 29 heavy (non-hydrogen) atoms. The molecule has 0 atom stereocenters. The summed E-state index contributed by atoms with van der Waals surface area (Å²) in [6, 6.07) is 7.21. The minimum atomic E-state index is -0.261. The number of likely N-dealkylation sites (N-methyl/N-ethyl adjacent to an activating group) is 1. The number of carbonyl (C=O) groups excluding carboxylic acids is 1. The van der Waals surface area contributed by atoms with E-state index >= 15 is 0 Å². The van der Waals surface area contributed by atoms with Gasteiger partial charge in [0.1, 0.15) is 17.9 Å². The van der Waals surface area contributed by atoms with Gasteiger partial charge in [0.05, 0.1) is 10.6 Å². The summed E-state index contributed by atoms with van der Waals surface area (Å²) in [5.74, 6) is 0.690. The van der Waals surface area contributed by atoms with E-state index in [0.29, 0.717) is 29.3 Å². The highest BCUT2D eigenvalue weighted by Crippen LogP contribution is 2.58. The van der Waals surface area contributed by atoms with Crippen molar-refractivity contribution in [2.24, 2.45) is 10.8 Å². The van der Waals surface area contributed by atoms with Gasteiger partial charge in [-0.15, -0.1) is 0 Å². The summed E-state index contributed by atoms with van der Waals surface area (Å²) >= 11 is 6.17. The van der Waals surface area contributed by atoms with Crippen LogP contribution in [0.15, 0.2) is 42.5 Å². The second kappa shape index (κ2) is 8.63. The number of ether oxygens (including phenoxy) is 1. The first-order valence-corrected chi connectivity index (χ1v) is 10.4. The Hall–Kier alpha value is -2.25. The standard InChI is InChI=1S/C24H31ClN2O2/c1-8-11-16(9-2)20(28)27(10-3)21-23(4,5)22(24(21,6)7)29-18-13-12-17(15-26)19(25)14-18/h8,11-14,21-22H,1,9-10H2,2-7H3/b16-11+. The molecule has 1 saturated carbocycles. The van der Waals surface area contributed by atoms with Gasteiger partial charge in [-0.3, -0.25) is 4.79 Å². The highest BCUT2D eigenvalue weighted by atomic mass is 35.5. The monoisotopic (exact) mass is 414 g/mol. The van der Waals surface area contributed by atoms with E-state index in [9.17, 15) is 4.79 Å². The van der Waals surface area contributed by atoms with E-state index in [1.54, 1.807) is 30.4 Å². The zero-order valence-corrected chi connectivity index (χ0v) is 19.0. The fraction of sp³-hybridized carbons (Fsp3) is 0.500. The summed E-state index contributed by atoms with van der Waals surface area (Å²) in [5.41, 5.74) is 0.662. The Labute approximate surface area is 179 Å². The second-order valence-electron chi connectivity index (χ2n) is 8.67.